The van der Waals surface area contributed by atoms with Gasteiger partial charge in [-0.1, -0.05) is 84.0 Å². The zero-order valence-electron chi connectivity index (χ0n) is 12.5. The van der Waals surface area contributed by atoms with Gasteiger partial charge in [-0.25, -0.2) is 0 Å². The highest BCUT2D eigenvalue weighted by Crippen LogP contribution is 2.12. The standard InChI is InChI=1S/C16H35NO/c1-2-3-4-5-6-7-8-9-10-11-12-13-14-16(17)15-18/h16,18H,2-15,17H2,1H3/t16-/m1/s1. The van der Waals surface area contributed by atoms with Gasteiger partial charge in [0.1, 0.15) is 0 Å². The van der Waals surface area contributed by atoms with Crippen LogP contribution in [0.5, 0.6) is 0 Å². The third-order valence-electron chi connectivity index (χ3n) is 3.66. The Labute approximate surface area is 114 Å². The summed E-state index contributed by atoms with van der Waals surface area (Å²) in [6.07, 6.45) is 17.5. The molecule has 0 aromatic carbocycles. The normalized spacial score (nSPS) is 12.8. The molecule has 0 fully saturated rings. The van der Waals surface area contributed by atoms with Crippen LogP contribution < -0.4 is 5.73 Å². The largest absolute Gasteiger partial charge is 0.395 e. The average molecular weight is 257 g/mol. The number of nitrogens with two attached hydrogens (primary N) is 1. The number of hydrogen-bond acceptors (Lipinski definition) is 2. The van der Waals surface area contributed by atoms with Gasteiger partial charge < -0.3 is 10.8 Å². The molecule has 0 amide bonds. The lowest BCUT2D eigenvalue weighted by Gasteiger charge is -2.07. The maximum Gasteiger partial charge on any atom is 0.0582 e. The highest BCUT2D eigenvalue weighted by atomic mass is 16.3. The SMILES string of the molecule is CCCCCCCCCCCCCC[C@@H](N)CO. The molecule has 0 unspecified atom stereocenters. The molecule has 2 heteroatoms. The minimum absolute atomic E-state index is 0.00752. The number of unbranched alkanes of at least 4 members (excludes halogenated alkanes) is 11. The predicted molar refractivity (Wildman–Crippen MR) is 80.8 cm³/mol. The lowest BCUT2D eigenvalue weighted by Crippen LogP contribution is -2.23. The summed E-state index contributed by atoms with van der Waals surface area (Å²) >= 11 is 0. The van der Waals surface area contributed by atoms with Crippen molar-refractivity contribution >= 4 is 0 Å². The Bertz CT molecular complexity index is 150. The van der Waals surface area contributed by atoms with Gasteiger partial charge in [0.25, 0.3) is 0 Å². The fraction of sp³-hybridized carbons (Fsp3) is 1.00. The summed E-state index contributed by atoms with van der Waals surface area (Å²) in [5, 5.41) is 8.79. The molecule has 0 spiro atoms. The van der Waals surface area contributed by atoms with E-state index in [0.29, 0.717) is 0 Å². The molecular formula is C16H35NO. The van der Waals surface area contributed by atoms with E-state index in [2.05, 4.69) is 6.92 Å². The summed E-state index contributed by atoms with van der Waals surface area (Å²) < 4.78 is 0. The summed E-state index contributed by atoms with van der Waals surface area (Å²) in [5.41, 5.74) is 5.65. The van der Waals surface area contributed by atoms with Crippen molar-refractivity contribution in [3.05, 3.63) is 0 Å². The monoisotopic (exact) mass is 257 g/mol. The minimum atomic E-state index is 0.00752. The number of aliphatic hydroxyl groups excluding tert-OH is 1. The first-order valence-corrected chi connectivity index (χ1v) is 8.17. The third kappa shape index (κ3) is 14.0. The van der Waals surface area contributed by atoms with Gasteiger partial charge in [-0.3, -0.25) is 0 Å². The molecular weight excluding hydrogens is 222 g/mol. The molecule has 0 aliphatic heterocycles. The molecule has 0 saturated carbocycles. The van der Waals surface area contributed by atoms with E-state index in [1.165, 1.54) is 77.0 Å². The first kappa shape index (κ1) is 17.9. The fourth-order valence-corrected chi connectivity index (χ4v) is 2.34. The van der Waals surface area contributed by atoms with E-state index >= 15 is 0 Å². The Hall–Kier alpha value is -0.0800. The molecule has 0 aromatic heterocycles. The molecule has 0 bridgehead atoms. The van der Waals surface area contributed by atoms with Gasteiger partial charge in [0.2, 0.25) is 0 Å². The van der Waals surface area contributed by atoms with Crippen molar-refractivity contribution in [1.82, 2.24) is 0 Å². The van der Waals surface area contributed by atoms with Crippen LogP contribution in [0.1, 0.15) is 90.4 Å². The smallest absolute Gasteiger partial charge is 0.0582 e. The summed E-state index contributed by atoms with van der Waals surface area (Å²) in [7, 11) is 0. The van der Waals surface area contributed by atoms with Crippen molar-refractivity contribution in [3.8, 4) is 0 Å². The Kier molecular flexibility index (Phi) is 14.9. The molecule has 0 radical (unpaired) electrons. The highest BCUT2D eigenvalue weighted by molar-refractivity contribution is 4.58. The molecule has 0 aliphatic rings. The second-order valence-electron chi connectivity index (χ2n) is 5.62. The van der Waals surface area contributed by atoms with Crippen molar-refractivity contribution < 1.29 is 5.11 Å². The van der Waals surface area contributed by atoms with Gasteiger partial charge in [0.15, 0.2) is 0 Å². The number of rotatable bonds is 14. The first-order chi connectivity index (χ1) is 8.81. The summed E-state index contributed by atoms with van der Waals surface area (Å²) in [4.78, 5) is 0. The Balaban J connectivity index is 2.94. The molecule has 110 valence electrons. The van der Waals surface area contributed by atoms with Crippen LogP contribution in [0, 0.1) is 0 Å². The minimum Gasteiger partial charge on any atom is -0.395 e. The Morgan fingerprint density at radius 2 is 1.11 bits per heavy atom. The summed E-state index contributed by atoms with van der Waals surface area (Å²) in [5.74, 6) is 0. The van der Waals surface area contributed by atoms with E-state index in [4.69, 9.17) is 10.8 Å². The van der Waals surface area contributed by atoms with Gasteiger partial charge in [0, 0.05) is 6.04 Å². The van der Waals surface area contributed by atoms with Gasteiger partial charge in [-0.2, -0.15) is 0 Å². The third-order valence-corrected chi connectivity index (χ3v) is 3.66. The molecule has 3 N–H and O–H groups in total. The lowest BCUT2D eigenvalue weighted by molar-refractivity contribution is 0.257. The average Bonchev–Trinajstić information content (AvgIpc) is 2.39. The maximum atomic E-state index is 8.79. The second-order valence-corrected chi connectivity index (χ2v) is 5.62. The van der Waals surface area contributed by atoms with E-state index in [9.17, 15) is 0 Å². The van der Waals surface area contributed by atoms with Crippen LogP contribution in [-0.2, 0) is 0 Å². The highest BCUT2D eigenvalue weighted by Gasteiger charge is 1.99. The maximum absolute atomic E-state index is 8.79. The molecule has 0 heterocycles. The van der Waals surface area contributed by atoms with Gasteiger partial charge >= 0.3 is 0 Å². The fourth-order valence-electron chi connectivity index (χ4n) is 2.34. The van der Waals surface area contributed by atoms with Crippen molar-refractivity contribution in [2.75, 3.05) is 6.61 Å². The summed E-state index contributed by atoms with van der Waals surface area (Å²) in [6, 6.07) is 0.00752. The van der Waals surface area contributed by atoms with Crippen LogP contribution >= 0.6 is 0 Å². The van der Waals surface area contributed by atoms with Gasteiger partial charge in [-0.15, -0.1) is 0 Å². The topological polar surface area (TPSA) is 46.2 Å². The van der Waals surface area contributed by atoms with E-state index in [1.807, 2.05) is 0 Å². The Morgan fingerprint density at radius 3 is 1.50 bits per heavy atom. The summed E-state index contributed by atoms with van der Waals surface area (Å²) in [6.45, 7) is 2.41. The van der Waals surface area contributed by atoms with Crippen LogP contribution in [-0.4, -0.2) is 17.8 Å². The Morgan fingerprint density at radius 1 is 0.722 bits per heavy atom. The van der Waals surface area contributed by atoms with Gasteiger partial charge in [0.05, 0.1) is 6.61 Å². The van der Waals surface area contributed by atoms with Crippen molar-refractivity contribution in [2.45, 2.75) is 96.4 Å². The van der Waals surface area contributed by atoms with Gasteiger partial charge in [-0.05, 0) is 6.42 Å². The molecule has 1 atom stereocenters. The molecule has 0 saturated heterocycles. The lowest BCUT2D eigenvalue weighted by atomic mass is 10.0. The molecule has 2 nitrogen and oxygen atoms in total. The second kappa shape index (κ2) is 15.0. The van der Waals surface area contributed by atoms with E-state index in [0.717, 1.165) is 6.42 Å². The van der Waals surface area contributed by atoms with E-state index < -0.39 is 0 Å². The van der Waals surface area contributed by atoms with Crippen molar-refractivity contribution in [2.24, 2.45) is 5.73 Å². The molecule has 0 rings (SSSR count). The zero-order chi connectivity index (χ0) is 13.5. The molecule has 0 aromatic rings. The van der Waals surface area contributed by atoms with Crippen LogP contribution in [0.2, 0.25) is 0 Å². The van der Waals surface area contributed by atoms with E-state index in [1.54, 1.807) is 0 Å². The number of aliphatic hydroxyl groups is 1. The predicted octanol–water partition coefficient (Wildman–Crippen LogP) is 4.40. The molecule has 0 aliphatic carbocycles. The van der Waals surface area contributed by atoms with Crippen LogP contribution in [0.15, 0.2) is 0 Å². The van der Waals surface area contributed by atoms with E-state index in [-0.39, 0.29) is 12.6 Å². The van der Waals surface area contributed by atoms with Crippen molar-refractivity contribution in [1.29, 1.82) is 0 Å². The van der Waals surface area contributed by atoms with Crippen LogP contribution in [0.4, 0.5) is 0 Å². The number of hydrogen-bond donors (Lipinski definition) is 2. The quantitative estimate of drug-likeness (QED) is 0.453. The molecule has 18 heavy (non-hydrogen) atoms. The van der Waals surface area contributed by atoms with Crippen molar-refractivity contribution in [3.63, 3.8) is 0 Å². The zero-order valence-corrected chi connectivity index (χ0v) is 12.5. The van der Waals surface area contributed by atoms with Crippen LogP contribution in [0.3, 0.4) is 0 Å². The first-order valence-electron chi connectivity index (χ1n) is 8.17. The van der Waals surface area contributed by atoms with Crippen LogP contribution in [0.25, 0.3) is 0 Å².